The van der Waals surface area contributed by atoms with Gasteiger partial charge in [-0.1, -0.05) is 243 Å². The fourth-order valence-electron chi connectivity index (χ4n) is 10.9. The molecule has 0 atom stereocenters. The molecule has 0 unspecified atom stereocenters. The predicted octanol–water partition coefficient (Wildman–Crippen LogP) is 17.7. The van der Waals surface area contributed by atoms with Gasteiger partial charge in [-0.2, -0.15) is 9.97 Å². The van der Waals surface area contributed by atoms with E-state index < -0.39 is 0 Å². The van der Waals surface area contributed by atoms with E-state index in [1.165, 1.54) is 11.1 Å². The molecule has 14 aromatic rings. The lowest BCUT2D eigenvalue weighted by atomic mass is 9.95. The monoisotopic (exact) mass is 943 g/mol. The third-order valence-electron chi connectivity index (χ3n) is 14.4. The molecule has 346 valence electrons. The Bertz CT molecular complexity index is 4390. The van der Waals surface area contributed by atoms with Crippen LogP contribution in [0.2, 0.25) is 0 Å². The number of nitrogens with zero attached hydrogens (tertiary/aromatic N) is 5. The fourth-order valence-corrected chi connectivity index (χ4v) is 10.9. The molecule has 0 saturated carbocycles. The fraction of sp³-hybridized carbons (Fsp3) is 0. The zero-order valence-electron chi connectivity index (χ0n) is 40.2. The summed E-state index contributed by atoms with van der Waals surface area (Å²) in [6.45, 7) is 0. The first-order valence-corrected chi connectivity index (χ1v) is 25.1. The Kier molecular flexibility index (Phi) is 10.4. The van der Waals surface area contributed by atoms with Crippen LogP contribution in [0.4, 0.5) is 0 Å². The summed E-state index contributed by atoms with van der Waals surface area (Å²) >= 11 is 0. The standard InChI is InChI=1S/C69H45N5/c1-5-19-46(20-6-1)49-35-37-51(38-36-49)67-70-68(56-30-18-28-53(44-56)48-23-9-3-10-24-48)72-69(71-67)74-63-34-16-14-32-59(63)61-42-41-60-58-31-13-15-33-62(58)73(65(60)66(61)74)64-45-55(39-40-57(64)50-25-11-4-12-26-50)54-29-17-27-52(43-54)47-21-7-2-8-22-47/h1-45H. The van der Waals surface area contributed by atoms with E-state index in [1.807, 2.05) is 12.1 Å². The van der Waals surface area contributed by atoms with Crippen molar-refractivity contribution in [2.45, 2.75) is 0 Å². The van der Waals surface area contributed by atoms with Crippen LogP contribution in [0.1, 0.15) is 0 Å². The van der Waals surface area contributed by atoms with Gasteiger partial charge in [-0.05, 0) is 80.4 Å². The Morgan fingerprint density at radius 3 is 1.19 bits per heavy atom. The van der Waals surface area contributed by atoms with E-state index in [-0.39, 0.29) is 0 Å². The molecule has 74 heavy (non-hydrogen) atoms. The summed E-state index contributed by atoms with van der Waals surface area (Å²) in [5, 5.41) is 4.50. The molecule has 0 saturated heterocycles. The van der Waals surface area contributed by atoms with Crippen molar-refractivity contribution in [2.75, 3.05) is 0 Å². The molecule has 0 radical (unpaired) electrons. The average Bonchev–Trinajstić information content (AvgIpc) is 4.03. The average molecular weight is 944 g/mol. The second-order valence-corrected chi connectivity index (χ2v) is 18.8. The normalized spacial score (nSPS) is 11.5. The number of benzene rings is 11. The Labute approximate surface area is 428 Å². The van der Waals surface area contributed by atoms with Crippen molar-refractivity contribution in [2.24, 2.45) is 0 Å². The lowest BCUT2D eigenvalue weighted by Gasteiger charge is -2.18. The third-order valence-corrected chi connectivity index (χ3v) is 14.4. The summed E-state index contributed by atoms with van der Waals surface area (Å²) in [5.74, 6) is 1.71. The lowest BCUT2D eigenvalue weighted by Crippen LogP contribution is -2.07. The Balaban J connectivity index is 1.06. The summed E-state index contributed by atoms with van der Waals surface area (Å²) in [5.41, 5.74) is 18.4. The largest absolute Gasteiger partial charge is 0.307 e. The van der Waals surface area contributed by atoms with Gasteiger partial charge in [-0.3, -0.25) is 4.57 Å². The van der Waals surface area contributed by atoms with Gasteiger partial charge in [-0.15, -0.1) is 0 Å². The molecule has 0 bridgehead atoms. The van der Waals surface area contributed by atoms with Gasteiger partial charge in [0.15, 0.2) is 11.6 Å². The van der Waals surface area contributed by atoms with E-state index in [0.717, 1.165) is 105 Å². The Morgan fingerprint density at radius 2 is 0.608 bits per heavy atom. The smallest absolute Gasteiger partial charge is 0.238 e. The van der Waals surface area contributed by atoms with E-state index in [2.05, 4.69) is 270 Å². The van der Waals surface area contributed by atoms with E-state index in [1.54, 1.807) is 0 Å². The minimum atomic E-state index is 0.535. The molecule has 0 N–H and O–H groups in total. The van der Waals surface area contributed by atoms with Gasteiger partial charge in [0.25, 0.3) is 0 Å². The summed E-state index contributed by atoms with van der Waals surface area (Å²) in [6, 6.07) is 97.3. The molecule has 5 heteroatoms. The van der Waals surface area contributed by atoms with Gasteiger partial charge >= 0.3 is 0 Å². The molecule has 3 heterocycles. The van der Waals surface area contributed by atoms with Crippen molar-refractivity contribution in [3.63, 3.8) is 0 Å². The quantitative estimate of drug-likeness (QED) is 0.145. The van der Waals surface area contributed by atoms with Crippen molar-refractivity contribution >= 4 is 43.6 Å². The highest BCUT2D eigenvalue weighted by Crippen LogP contribution is 2.44. The van der Waals surface area contributed by atoms with Crippen LogP contribution in [-0.4, -0.2) is 24.1 Å². The highest BCUT2D eigenvalue weighted by molar-refractivity contribution is 6.24. The van der Waals surface area contributed by atoms with E-state index >= 15 is 0 Å². The SMILES string of the molecule is c1ccc(-c2ccc(-c3nc(-c4cccc(-c5ccccc5)c4)nc(-n4c5ccccc5c5ccc6c7ccccc7n(-c7cc(-c8cccc(-c9ccccc9)c8)ccc7-c7ccccc7)c6c54)n3)cc2)cc1. The number of rotatable bonds is 9. The summed E-state index contributed by atoms with van der Waals surface area (Å²) in [7, 11) is 0. The first-order chi connectivity index (χ1) is 36.7. The maximum Gasteiger partial charge on any atom is 0.238 e. The summed E-state index contributed by atoms with van der Waals surface area (Å²) < 4.78 is 4.77. The van der Waals surface area contributed by atoms with E-state index in [4.69, 9.17) is 15.0 Å². The molecule has 0 amide bonds. The van der Waals surface area contributed by atoms with Crippen LogP contribution >= 0.6 is 0 Å². The predicted molar refractivity (Wildman–Crippen MR) is 307 cm³/mol. The molecule has 0 aliphatic carbocycles. The number of fused-ring (bicyclic) bond motifs is 7. The van der Waals surface area contributed by atoms with Crippen molar-refractivity contribution in [1.29, 1.82) is 0 Å². The maximum atomic E-state index is 5.52. The van der Waals surface area contributed by atoms with Crippen molar-refractivity contribution in [3.8, 4) is 90.0 Å². The summed E-state index contributed by atoms with van der Waals surface area (Å²) in [6.07, 6.45) is 0. The molecular formula is C69H45N5. The molecule has 0 aliphatic heterocycles. The Hall–Kier alpha value is -9.97. The second-order valence-electron chi connectivity index (χ2n) is 18.8. The topological polar surface area (TPSA) is 48.5 Å². The van der Waals surface area contributed by atoms with Crippen molar-refractivity contribution in [1.82, 2.24) is 24.1 Å². The minimum absolute atomic E-state index is 0.535. The molecule has 3 aromatic heterocycles. The van der Waals surface area contributed by atoms with Crippen LogP contribution in [0, 0.1) is 0 Å². The number of hydrogen-bond donors (Lipinski definition) is 0. The zero-order valence-corrected chi connectivity index (χ0v) is 40.2. The number of para-hydroxylation sites is 2. The first kappa shape index (κ1) is 42.9. The van der Waals surface area contributed by atoms with Crippen molar-refractivity contribution < 1.29 is 0 Å². The van der Waals surface area contributed by atoms with Crippen LogP contribution < -0.4 is 0 Å². The summed E-state index contributed by atoms with van der Waals surface area (Å²) in [4.78, 5) is 16.3. The molecule has 5 nitrogen and oxygen atoms in total. The van der Waals surface area contributed by atoms with E-state index in [9.17, 15) is 0 Å². The van der Waals surface area contributed by atoms with Crippen LogP contribution in [-0.2, 0) is 0 Å². The van der Waals surface area contributed by atoms with E-state index in [0.29, 0.717) is 17.6 Å². The van der Waals surface area contributed by atoms with Gasteiger partial charge in [0.2, 0.25) is 5.95 Å². The second kappa shape index (κ2) is 18.0. The maximum absolute atomic E-state index is 5.52. The molecule has 11 aromatic carbocycles. The van der Waals surface area contributed by atoms with Crippen LogP contribution in [0.15, 0.2) is 273 Å². The van der Waals surface area contributed by atoms with Crippen molar-refractivity contribution in [3.05, 3.63) is 273 Å². The third kappa shape index (κ3) is 7.46. The van der Waals surface area contributed by atoms with Crippen LogP contribution in [0.3, 0.4) is 0 Å². The van der Waals surface area contributed by atoms with Gasteiger partial charge in [-0.25, -0.2) is 4.98 Å². The van der Waals surface area contributed by atoms with Gasteiger partial charge in [0.05, 0.1) is 27.8 Å². The van der Waals surface area contributed by atoms with Gasteiger partial charge in [0, 0.05) is 38.2 Å². The zero-order chi connectivity index (χ0) is 49.0. The van der Waals surface area contributed by atoms with Crippen LogP contribution in [0.5, 0.6) is 0 Å². The van der Waals surface area contributed by atoms with Crippen LogP contribution in [0.25, 0.3) is 134 Å². The highest BCUT2D eigenvalue weighted by Gasteiger charge is 2.25. The molecule has 0 spiro atoms. The lowest BCUT2D eigenvalue weighted by molar-refractivity contribution is 0.953. The van der Waals surface area contributed by atoms with Gasteiger partial charge < -0.3 is 4.57 Å². The molecule has 0 fully saturated rings. The molecule has 0 aliphatic rings. The highest BCUT2D eigenvalue weighted by atomic mass is 15.2. The number of aromatic nitrogens is 5. The minimum Gasteiger partial charge on any atom is -0.307 e. The number of hydrogen-bond acceptors (Lipinski definition) is 3. The molecular weight excluding hydrogens is 899 g/mol. The first-order valence-electron chi connectivity index (χ1n) is 25.1. The van der Waals surface area contributed by atoms with Gasteiger partial charge in [0.1, 0.15) is 0 Å². The Morgan fingerprint density at radius 1 is 0.230 bits per heavy atom. The molecule has 14 rings (SSSR count).